The monoisotopic (exact) mass is 506 g/mol. The number of ether oxygens (including phenoxy) is 3. The molecule has 1 aliphatic rings. The maximum Gasteiger partial charge on any atom is 0.379 e. The lowest BCUT2D eigenvalue weighted by Crippen LogP contribution is -2.21. The van der Waals surface area contributed by atoms with Crippen molar-refractivity contribution >= 4 is 16.9 Å². The van der Waals surface area contributed by atoms with E-state index >= 15 is 0 Å². The highest BCUT2D eigenvalue weighted by atomic mass is 16.5. The van der Waals surface area contributed by atoms with Crippen LogP contribution in [0.4, 0.5) is 0 Å². The van der Waals surface area contributed by atoms with E-state index in [4.69, 9.17) is 24.4 Å². The van der Waals surface area contributed by atoms with Gasteiger partial charge in [-0.05, 0) is 54.8 Å². The molecule has 7 nitrogen and oxygen atoms in total. The van der Waals surface area contributed by atoms with Crippen molar-refractivity contribution in [3.63, 3.8) is 0 Å². The van der Waals surface area contributed by atoms with Crippen LogP contribution in [0.25, 0.3) is 11.0 Å². The van der Waals surface area contributed by atoms with Gasteiger partial charge >= 0.3 is 5.97 Å². The minimum Gasteiger partial charge on any atom is -0.490 e. The number of benzene rings is 3. The number of carbonyl (C=O) groups is 1. The largest absolute Gasteiger partial charge is 0.490 e. The molecule has 1 aliphatic heterocycles. The van der Waals surface area contributed by atoms with Gasteiger partial charge in [0.15, 0.2) is 0 Å². The van der Waals surface area contributed by atoms with E-state index in [1.807, 2.05) is 49.4 Å². The summed E-state index contributed by atoms with van der Waals surface area (Å²) in [5.41, 5.74) is 10.5. The molecule has 1 unspecified atom stereocenters. The normalized spacial score (nSPS) is 14.4. The van der Waals surface area contributed by atoms with Crippen LogP contribution in [0.15, 0.2) is 89.2 Å². The van der Waals surface area contributed by atoms with Gasteiger partial charge in [0.25, 0.3) is 0 Å². The van der Waals surface area contributed by atoms with Crippen molar-refractivity contribution in [2.45, 2.75) is 26.2 Å². The van der Waals surface area contributed by atoms with Crippen LogP contribution in [-0.2, 0) is 6.42 Å². The first-order valence-electron chi connectivity index (χ1n) is 12.2. The standard InChI is InChI=1S/C31H26N2O5/c1-4-13-35-21-8-6-7-20(15-21)28-23-11-10-22(16-27(23)38-30(33)25(28)17-32)36-31(34)29-18(3)24-14-19(5-2)9-12-26(24)37-29/h4,6-12,14-16,28H,1,5,13,33H2,2-3H3. The van der Waals surface area contributed by atoms with Gasteiger partial charge in [-0.2, -0.15) is 5.26 Å². The average molecular weight is 507 g/mol. The Morgan fingerprint density at radius 1 is 1.16 bits per heavy atom. The predicted molar refractivity (Wildman–Crippen MR) is 143 cm³/mol. The minimum atomic E-state index is -0.614. The zero-order valence-corrected chi connectivity index (χ0v) is 21.1. The molecule has 5 rings (SSSR count). The van der Waals surface area contributed by atoms with E-state index in [2.05, 4.69) is 19.6 Å². The summed E-state index contributed by atoms with van der Waals surface area (Å²) < 4.78 is 22.9. The molecule has 0 bridgehead atoms. The summed E-state index contributed by atoms with van der Waals surface area (Å²) in [5, 5.41) is 10.7. The number of esters is 1. The van der Waals surface area contributed by atoms with Gasteiger partial charge in [0.1, 0.15) is 41.1 Å². The van der Waals surface area contributed by atoms with E-state index in [1.54, 1.807) is 24.3 Å². The Morgan fingerprint density at radius 2 is 2.00 bits per heavy atom. The molecule has 0 aliphatic carbocycles. The second kappa shape index (κ2) is 10.2. The van der Waals surface area contributed by atoms with Gasteiger partial charge in [0, 0.05) is 22.6 Å². The van der Waals surface area contributed by atoms with Crippen LogP contribution < -0.4 is 19.9 Å². The first-order valence-corrected chi connectivity index (χ1v) is 12.2. The summed E-state index contributed by atoms with van der Waals surface area (Å²) in [6, 6.07) is 20.5. The SMILES string of the molecule is C=CCOc1cccc(C2C(C#N)=C(N)Oc3cc(OC(=O)c4oc5ccc(CC)cc5c4C)ccc32)c1. The topological polar surface area (TPSA) is 108 Å². The lowest BCUT2D eigenvalue weighted by molar-refractivity contribution is 0.0702. The van der Waals surface area contributed by atoms with Crippen molar-refractivity contribution in [1.29, 1.82) is 5.26 Å². The molecule has 2 N–H and O–H groups in total. The van der Waals surface area contributed by atoms with E-state index in [0.29, 0.717) is 29.3 Å². The zero-order chi connectivity index (χ0) is 26.8. The third kappa shape index (κ3) is 4.48. The molecule has 0 saturated carbocycles. The van der Waals surface area contributed by atoms with Crippen LogP contribution in [0.2, 0.25) is 0 Å². The summed E-state index contributed by atoms with van der Waals surface area (Å²) in [4.78, 5) is 13.0. The molecular formula is C31H26N2O5. The van der Waals surface area contributed by atoms with E-state index in [1.165, 1.54) is 0 Å². The Bertz CT molecular complexity index is 1640. The summed E-state index contributed by atoms with van der Waals surface area (Å²) in [6.45, 7) is 7.94. The predicted octanol–water partition coefficient (Wildman–Crippen LogP) is 6.31. The van der Waals surface area contributed by atoms with Crippen molar-refractivity contribution in [2.75, 3.05) is 6.61 Å². The fourth-order valence-corrected chi connectivity index (χ4v) is 4.62. The number of nitriles is 1. The summed E-state index contributed by atoms with van der Waals surface area (Å²) in [7, 11) is 0. The Labute approximate surface area is 220 Å². The molecule has 1 aromatic heterocycles. The quantitative estimate of drug-likeness (QED) is 0.178. The number of hydrogen-bond acceptors (Lipinski definition) is 7. The maximum absolute atomic E-state index is 13.0. The molecule has 0 radical (unpaired) electrons. The summed E-state index contributed by atoms with van der Waals surface area (Å²) in [5.74, 6) is 0.340. The van der Waals surface area contributed by atoms with Crippen LogP contribution in [0.5, 0.6) is 17.2 Å². The third-order valence-corrected chi connectivity index (χ3v) is 6.55. The smallest absolute Gasteiger partial charge is 0.379 e. The van der Waals surface area contributed by atoms with Crippen molar-refractivity contribution < 1.29 is 23.4 Å². The van der Waals surface area contributed by atoms with Gasteiger partial charge < -0.3 is 24.4 Å². The number of carbonyl (C=O) groups excluding carboxylic acids is 1. The van der Waals surface area contributed by atoms with E-state index in [0.717, 1.165) is 28.5 Å². The Morgan fingerprint density at radius 3 is 2.76 bits per heavy atom. The van der Waals surface area contributed by atoms with Gasteiger partial charge in [0.05, 0.1) is 5.92 Å². The van der Waals surface area contributed by atoms with Gasteiger partial charge in [-0.1, -0.05) is 43.8 Å². The molecule has 2 heterocycles. The average Bonchev–Trinajstić information content (AvgIpc) is 3.26. The number of hydrogen-bond donors (Lipinski definition) is 1. The van der Waals surface area contributed by atoms with Gasteiger partial charge in [-0.15, -0.1) is 0 Å². The zero-order valence-electron chi connectivity index (χ0n) is 21.1. The highest BCUT2D eigenvalue weighted by molar-refractivity contribution is 5.97. The van der Waals surface area contributed by atoms with Gasteiger partial charge in [0.2, 0.25) is 11.6 Å². The number of nitrogens with zero attached hydrogens (tertiary/aromatic N) is 1. The molecule has 7 heteroatoms. The molecule has 0 fully saturated rings. The number of furan rings is 1. The second-order valence-electron chi connectivity index (χ2n) is 8.93. The Hall–Kier alpha value is -4.96. The Kier molecular flexibility index (Phi) is 6.63. The molecule has 0 spiro atoms. The molecule has 1 atom stereocenters. The molecular weight excluding hydrogens is 480 g/mol. The fourth-order valence-electron chi connectivity index (χ4n) is 4.62. The molecule has 0 saturated heterocycles. The molecule has 3 aromatic carbocycles. The first-order chi connectivity index (χ1) is 18.4. The molecule has 38 heavy (non-hydrogen) atoms. The van der Waals surface area contributed by atoms with Crippen molar-refractivity contribution in [1.82, 2.24) is 0 Å². The van der Waals surface area contributed by atoms with E-state index in [-0.39, 0.29) is 23.0 Å². The van der Waals surface area contributed by atoms with Gasteiger partial charge in [-0.25, -0.2) is 4.79 Å². The van der Waals surface area contributed by atoms with Gasteiger partial charge in [-0.3, -0.25) is 0 Å². The van der Waals surface area contributed by atoms with Crippen molar-refractivity contribution in [2.24, 2.45) is 5.73 Å². The number of fused-ring (bicyclic) bond motifs is 2. The molecule has 4 aromatic rings. The highest BCUT2D eigenvalue weighted by Gasteiger charge is 2.31. The number of rotatable bonds is 7. The summed E-state index contributed by atoms with van der Waals surface area (Å²) >= 11 is 0. The fraction of sp³-hybridized carbons (Fsp3) is 0.161. The highest BCUT2D eigenvalue weighted by Crippen LogP contribution is 2.44. The van der Waals surface area contributed by atoms with Crippen LogP contribution in [0, 0.1) is 18.3 Å². The third-order valence-electron chi connectivity index (χ3n) is 6.55. The van der Waals surface area contributed by atoms with Crippen LogP contribution in [0.3, 0.4) is 0 Å². The maximum atomic E-state index is 13.0. The number of nitrogens with two attached hydrogens (primary N) is 1. The van der Waals surface area contributed by atoms with Crippen molar-refractivity contribution in [3.05, 3.63) is 113 Å². The number of aryl methyl sites for hydroxylation is 2. The minimum absolute atomic E-state index is 0.00857. The Balaban J connectivity index is 1.46. The van der Waals surface area contributed by atoms with Crippen LogP contribution in [-0.4, -0.2) is 12.6 Å². The molecule has 190 valence electrons. The van der Waals surface area contributed by atoms with Crippen LogP contribution >= 0.6 is 0 Å². The first kappa shape index (κ1) is 24.7. The lowest BCUT2D eigenvalue weighted by atomic mass is 9.83. The lowest BCUT2D eigenvalue weighted by Gasteiger charge is -2.27. The van der Waals surface area contributed by atoms with Crippen LogP contribution in [0.1, 0.15) is 45.7 Å². The number of allylic oxidation sites excluding steroid dienone is 1. The molecule has 0 amide bonds. The van der Waals surface area contributed by atoms with Crippen molar-refractivity contribution in [3.8, 4) is 23.3 Å². The summed E-state index contributed by atoms with van der Waals surface area (Å²) in [6.07, 6.45) is 2.54. The van der Waals surface area contributed by atoms with E-state index in [9.17, 15) is 10.1 Å². The van der Waals surface area contributed by atoms with E-state index < -0.39 is 11.9 Å². The second-order valence-corrected chi connectivity index (χ2v) is 8.93.